The third-order valence-corrected chi connectivity index (χ3v) is 4.90. The second kappa shape index (κ2) is 6.85. The van der Waals surface area contributed by atoms with E-state index in [0.717, 1.165) is 30.6 Å². The fourth-order valence-corrected chi connectivity index (χ4v) is 3.41. The molecule has 4 rings (SSSR count). The molecular weight excluding hydrogens is 344 g/mol. The summed E-state index contributed by atoms with van der Waals surface area (Å²) in [6, 6.07) is 12.4. The number of hydrogen-bond acceptors (Lipinski definition) is 5. The van der Waals surface area contributed by atoms with Gasteiger partial charge in [0.25, 0.3) is 5.56 Å². The highest BCUT2D eigenvalue weighted by molar-refractivity contribution is 5.93. The first-order chi connectivity index (χ1) is 13.0. The monoisotopic (exact) mass is 364 g/mol. The molecule has 27 heavy (non-hydrogen) atoms. The fourth-order valence-electron chi connectivity index (χ4n) is 3.41. The number of carbonyl (C=O) groups is 1. The molecule has 138 valence electrons. The first-order valence-corrected chi connectivity index (χ1v) is 8.85. The van der Waals surface area contributed by atoms with Gasteiger partial charge in [-0.25, -0.2) is 4.98 Å². The van der Waals surface area contributed by atoms with Gasteiger partial charge < -0.3 is 16.2 Å². The van der Waals surface area contributed by atoms with Crippen molar-refractivity contribution >= 4 is 22.8 Å². The molecule has 1 fully saturated rings. The van der Waals surface area contributed by atoms with Gasteiger partial charge in [-0.1, -0.05) is 18.2 Å². The van der Waals surface area contributed by atoms with Crippen LogP contribution >= 0.6 is 0 Å². The minimum absolute atomic E-state index is 0.00675. The molecule has 0 saturated carbocycles. The van der Waals surface area contributed by atoms with E-state index in [1.165, 1.54) is 4.57 Å². The Kier molecular flexibility index (Phi) is 4.37. The molecule has 1 aliphatic heterocycles. The van der Waals surface area contributed by atoms with Crippen LogP contribution in [0.5, 0.6) is 0 Å². The highest BCUT2D eigenvalue weighted by Gasteiger charge is 2.19. The van der Waals surface area contributed by atoms with E-state index in [1.807, 2.05) is 24.3 Å². The number of nitrogens with two attached hydrogens (primary N) is 2. The van der Waals surface area contributed by atoms with Crippen LogP contribution in [-0.2, 0) is 11.3 Å². The number of nitrogen functional groups attached to an aromatic ring is 1. The summed E-state index contributed by atoms with van der Waals surface area (Å²) in [5.74, 6) is -0.287. The topological polar surface area (TPSA) is 113 Å². The van der Waals surface area contributed by atoms with Crippen LogP contribution in [0.1, 0.15) is 23.2 Å². The van der Waals surface area contributed by atoms with Gasteiger partial charge in [0, 0.05) is 12.2 Å². The van der Waals surface area contributed by atoms with E-state index >= 15 is 0 Å². The Morgan fingerprint density at radius 2 is 1.93 bits per heavy atom. The number of ether oxygens (including phenoxy) is 1. The Labute approximate surface area is 155 Å². The minimum atomic E-state index is -0.471. The maximum absolute atomic E-state index is 12.8. The van der Waals surface area contributed by atoms with Crippen LogP contribution in [0.4, 0.5) is 5.95 Å². The average molecular weight is 364 g/mol. The Hall–Kier alpha value is -3.19. The number of anilines is 1. The molecule has 0 bridgehead atoms. The molecule has 1 amide bonds. The molecule has 7 nitrogen and oxygen atoms in total. The number of amides is 1. The number of fused-ring (bicyclic) bond motifs is 1. The first-order valence-electron chi connectivity index (χ1n) is 8.85. The zero-order valence-corrected chi connectivity index (χ0v) is 14.7. The summed E-state index contributed by atoms with van der Waals surface area (Å²) in [6.07, 6.45) is 1.93. The highest BCUT2D eigenvalue weighted by atomic mass is 16.5. The molecule has 4 N–H and O–H groups in total. The summed E-state index contributed by atoms with van der Waals surface area (Å²) < 4.78 is 7.09. The largest absolute Gasteiger partial charge is 0.376 e. The first kappa shape index (κ1) is 17.2. The second-order valence-electron chi connectivity index (χ2n) is 6.69. The Morgan fingerprint density at radius 1 is 1.19 bits per heavy atom. The van der Waals surface area contributed by atoms with Gasteiger partial charge in [-0.05, 0) is 48.2 Å². The van der Waals surface area contributed by atoms with Crippen molar-refractivity contribution in [2.75, 3.05) is 12.3 Å². The van der Waals surface area contributed by atoms with Gasteiger partial charge >= 0.3 is 0 Å². The van der Waals surface area contributed by atoms with Crippen molar-refractivity contribution in [3.8, 4) is 11.1 Å². The average Bonchev–Trinajstić information content (AvgIpc) is 3.18. The molecular formula is C20H20N4O3. The predicted octanol–water partition coefficient (Wildman–Crippen LogP) is 1.92. The van der Waals surface area contributed by atoms with Crippen LogP contribution in [0.3, 0.4) is 0 Å². The van der Waals surface area contributed by atoms with Gasteiger partial charge in [0.15, 0.2) is 0 Å². The van der Waals surface area contributed by atoms with E-state index in [-0.39, 0.29) is 17.6 Å². The van der Waals surface area contributed by atoms with Crippen molar-refractivity contribution in [3.05, 3.63) is 58.4 Å². The quantitative estimate of drug-likeness (QED) is 0.734. The molecule has 1 aliphatic rings. The molecule has 2 heterocycles. The molecule has 0 spiro atoms. The lowest BCUT2D eigenvalue weighted by molar-refractivity contribution is 0.0966. The molecule has 3 aromatic rings. The Bertz CT molecular complexity index is 1070. The molecule has 2 aromatic carbocycles. The summed E-state index contributed by atoms with van der Waals surface area (Å²) in [7, 11) is 0. The summed E-state index contributed by atoms with van der Waals surface area (Å²) in [5.41, 5.74) is 13.9. The molecule has 7 heteroatoms. The van der Waals surface area contributed by atoms with Crippen LogP contribution in [0, 0.1) is 0 Å². The fraction of sp³-hybridized carbons (Fsp3) is 0.250. The van der Waals surface area contributed by atoms with E-state index in [9.17, 15) is 9.59 Å². The van der Waals surface area contributed by atoms with Gasteiger partial charge in [0.1, 0.15) is 0 Å². The van der Waals surface area contributed by atoms with Gasteiger partial charge in [0.2, 0.25) is 11.9 Å². The molecule has 1 aromatic heterocycles. The number of nitrogens with zero attached hydrogens (tertiary/aromatic N) is 2. The zero-order chi connectivity index (χ0) is 19.0. The lowest BCUT2D eigenvalue weighted by Gasteiger charge is -2.14. The maximum Gasteiger partial charge on any atom is 0.262 e. The van der Waals surface area contributed by atoms with E-state index in [0.29, 0.717) is 23.0 Å². The molecule has 1 atom stereocenters. The lowest BCUT2D eigenvalue weighted by atomic mass is 10.0. The van der Waals surface area contributed by atoms with Crippen molar-refractivity contribution in [2.45, 2.75) is 25.5 Å². The van der Waals surface area contributed by atoms with Crippen LogP contribution in [0.2, 0.25) is 0 Å². The summed E-state index contributed by atoms with van der Waals surface area (Å²) in [5, 5.41) is 0.514. The molecule has 1 unspecified atom stereocenters. The van der Waals surface area contributed by atoms with Crippen LogP contribution in [-0.4, -0.2) is 28.2 Å². The van der Waals surface area contributed by atoms with Gasteiger partial charge in [-0.15, -0.1) is 0 Å². The van der Waals surface area contributed by atoms with Crippen molar-refractivity contribution < 1.29 is 9.53 Å². The van der Waals surface area contributed by atoms with Crippen molar-refractivity contribution in [1.29, 1.82) is 0 Å². The lowest BCUT2D eigenvalue weighted by Crippen LogP contribution is -2.29. The maximum atomic E-state index is 12.8. The third kappa shape index (κ3) is 3.29. The summed E-state index contributed by atoms with van der Waals surface area (Å²) >= 11 is 0. The van der Waals surface area contributed by atoms with Crippen LogP contribution in [0.25, 0.3) is 22.0 Å². The summed E-state index contributed by atoms with van der Waals surface area (Å²) in [4.78, 5) is 28.5. The number of rotatable bonds is 4. The van der Waals surface area contributed by atoms with Crippen molar-refractivity contribution in [1.82, 2.24) is 9.55 Å². The van der Waals surface area contributed by atoms with Crippen molar-refractivity contribution in [2.24, 2.45) is 5.73 Å². The van der Waals surface area contributed by atoms with E-state index < -0.39 is 5.91 Å². The van der Waals surface area contributed by atoms with E-state index in [4.69, 9.17) is 16.2 Å². The highest BCUT2D eigenvalue weighted by Crippen LogP contribution is 2.24. The zero-order valence-electron chi connectivity index (χ0n) is 14.7. The molecule has 1 saturated heterocycles. The number of primary amides is 1. The number of carbonyl (C=O) groups excluding carboxylic acids is 1. The van der Waals surface area contributed by atoms with E-state index in [2.05, 4.69) is 4.98 Å². The standard InChI is InChI=1S/C20H20N4O3/c21-18(25)13-5-3-12(4-6-13)14-7-8-16-17(10-14)23-20(22)24(19(16)26)11-15-2-1-9-27-15/h3-8,10,15H,1-2,9,11H2,(H2,21,25)(H2,22,23). The Balaban J connectivity index is 1.72. The smallest absolute Gasteiger partial charge is 0.262 e. The van der Waals surface area contributed by atoms with Gasteiger partial charge in [-0.3, -0.25) is 14.2 Å². The number of hydrogen-bond donors (Lipinski definition) is 2. The minimum Gasteiger partial charge on any atom is -0.376 e. The SMILES string of the molecule is NC(=O)c1ccc(-c2ccc3c(=O)n(CC4CCCO4)c(N)nc3c2)cc1. The molecule has 0 radical (unpaired) electrons. The van der Waals surface area contributed by atoms with Crippen molar-refractivity contribution in [3.63, 3.8) is 0 Å². The van der Waals surface area contributed by atoms with Crippen LogP contribution < -0.4 is 17.0 Å². The normalized spacial score (nSPS) is 16.7. The van der Waals surface area contributed by atoms with Crippen LogP contribution in [0.15, 0.2) is 47.3 Å². The van der Waals surface area contributed by atoms with Gasteiger partial charge in [-0.2, -0.15) is 0 Å². The van der Waals surface area contributed by atoms with Gasteiger partial charge in [0.05, 0.1) is 23.6 Å². The Morgan fingerprint density at radius 3 is 2.59 bits per heavy atom. The number of aromatic nitrogens is 2. The van der Waals surface area contributed by atoms with E-state index in [1.54, 1.807) is 18.2 Å². The number of benzene rings is 2. The summed E-state index contributed by atoms with van der Waals surface area (Å²) in [6.45, 7) is 1.14. The molecule has 0 aliphatic carbocycles. The predicted molar refractivity (Wildman–Crippen MR) is 103 cm³/mol. The second-order valence-corrected chi connectivity index (χ2v) is 6.69. The third-order valence-electron chi connectivity index (χ3n) is 4.90.